The maximum atomic E-state index is 12.1. The number of nitrogens with one attached hydrogen (secondary N) is 1. The van der Waals surface area contributed by atoms with E-state index in [1.54, 1.807) is 7.11 Å². The third-order valence-corrected chi connectivity index (χ3v) is 5.58. The lowest BCUT2D eigenvalue weighted by molar-refractivity contribution is -0.113. The van der Waals surface area contributed by atoms with Crippen molar-refractivity contribution < 1.29 is 24.5 Å². The number of aromatic hydroxyl groups is 1. The molecule has 1 heterocycles. The van der Waals surface area contributed by atoms with E-state index in [4.69, 9.17) is 9.84 Å². The van der Waals surface area contributed by atoms with Crippen molar-refractivity contribution in [2.24, 2.45) is 0 Å². The van der Waals surface area contributed by atoms with E-state index in [2.05, 4.69) is 10.3 Å². The molecule has 1 amide bonds. The van der Waals surface area contributed by atoms with Crippen LogP contribution in [0.2, 0.25) is 0 Å². The van der Waals surface area contributed by atoms with E-state index in [-0.39, 0.29) is 17.2 Å². The first-order valence-corrected chi connectivity index (χ1v) is 9.20. The summed E-state index contributed by atoms with van der Waals surface area (Å²) in [4.78, 5) is 27.4. The molecule has 3 N–H and O–H groups in total. The summed E-state index contributed by atoms with van der Waals surface area (Å²) >= 11 is 2.77. The number of thiazole rings is 1. The molecule has 0 aliphatic heterocycles. The lowest BCUT2D eigenvalue weighted by Crippen LogP contribution is -2.14. The second kappa shape index (κ2) is 7.63. The number of anilines is 1. The Balaban J connectivity index is 1.62. The molecule has 9 heteroatoms. The van der Waals surface area contributed by atoms with Crippen LogP contribution in [0.4, 0.5) is 5.69 Å². The molecule has 0 aliphatic rings. The van der Waals surface area contributed by atoms with Crippen molar-refractivity contribution in [1.82, 2.24) is 4.98 Å². The maximum Gasteiger partial charge on any atom is 0.339 e. The number of benzene rings is 2. The highest BCUT2D eigenvalue weighted by molar-refractivity contribution is 8.01. The van der Waals surface area contributed by atoms with E-state index < -0.39 is 11.7 Å². The van der Waals surface area contributed by atoms with Crippen LogP contribution >= 0.6 is 23.1 Å². The zero-order valence-electron chi connectivity index (χ0n) is 13.6. The van der Waals surface area contributed by atoms with E-state index in [0.717, 1.165) is 20.3 Å². The number of hydrogen-bond acceptors (Lipinski definition) is 7. The van der Waals surface area contributed by atoms with Gasteiger partial charge in [0.1, 0.15) is 17.1 Å². The van der Waals surface area contributed by atoms with Gasteiger partial charge in [0.25, 0.3) is 0 Å². The van der Waals surface area contributed by atoms with Gasteiger partial charge in [0, 0.05) is 11.8 Å². The van der Waals surface area contributed by atoms with Gasteiger partial charge in [0.15, 0.2) is 4.34 Å². The molecule has 0 bridgehead atoms. The van der Waals surface area contributed by atoms with Crippen molar-refractivity contribution in [2.75, 3.05) is 18.2 Å². The highest BCUT2D eigenvalue weighted by atomic mass is 32.2. The number of amides is 1. The minimum absolute atomic E-state index is 0.137. The Bertz CT molecular complexity index is 986. The van der Waals surface area contributed by atoms with Gasteiger partial charge in [-0.15, -0.1) is 11.3 Å². The number of fused-ring (bicyclic) bond motifs is 1. The molecule has 0 aliphatic carbocycles. The van der Waals surface area contributed by atoms with Crippen LogP contribution in [-0.2, 0) is 4.79 Å². The Hall–Kier alpha value is -2.78. The highest BCUT2D eigenvalue weighted by Gasteiger charge is 2.12. The molecule has 3 rings (SSSR count). The molecule has 0 unspecified atom stereocenters. The van der Waals surface area contributed by atoms with Crippen LogP contribution in [0.5, 0.6) is 11.5 Å². The number of nitrogens with zero attached hydrogens (tertiary/aromatic N) is 1. The number of aromatic carboxylic acids is 1. The van der Waals surface area contributed by atoms with Crippen molar-refractivity contribution in [3.63, 3.8) is 0 Å². The number of rotatable bonds is 6. The molecule has 7 nitrogen and oxygen atoms in total. The van der Waals surface area contributed by atoms with Gasteiger partial charge < -0.3 is 20.3 Å². The second-order valence-electron chi connectivity index (χ2n) is 5.19. The van der Waals surface area contributed by atoms with E-state index >= 15 is 0 Å². The lowest BCUT2D eigenvalue weighted by Gasteiger charge is -2.06. The summed E-state index contributed by atoms with van der Waals surface area (Å²) in [7, 11) is 1.60. The summed E-state index contributed by atoms with van der Waals surface area (Å²) < 4.78 is 6.91. The van der Waals surface area contributed by atoms with Gasteiger partial charge in [0.2, 0.25) is 5.91 Å². The average molecular weight is 390 g/mol. The van der Waals surface area contributed by atoms with E-state index in [1.807, 2.05) is 18.2 Å². The van der Waals surface area contributed by atoms with Crippen LogP contribution in [0.25, 0.3) is 10.2 Å². The third-order valence-electron chi connectivity index (χ3n) is 3.41. The highest BCUT2D eigenvalue weighted by Crippen LogP contribution is 2.32. The topological polar surface area (TPSA) is 109 Å². The summed E-state index contributed by atoms with van der Waals surface area (Å²) in [5.74, 6) is -1.03. The van der Waals surface area contributed by atoms with Crippen LogP contribution in [0, 0.1) is 0 Å². The van der Waals surface area contributed by atoms with Gasteiger partial charge in [-0.1, -0.05) is 11.8 Å². The van der Waals surface area contributed by atoms with Gasteiger partial charge in [-0.3, -0.25) is 4.79 Å². The Morgan fingerprint density at radius 3 is 2.77 bits per heavy atom. The van der Waals surface area contributed by atoms with E-state index in [0.29, 0.717) is 5.69 Å². The van der Waals surface area contributed by atoms with Crippen molar-refractivity contribution in [2.45, 2.75) is 4.34 Å². The fraction of sp³-hybridized carbons (Fsp3) is 0.118. The molecule has 1 aromatic heterocycles. The summed E-state index contributed by atoms with van der Waals surface area (Å²) in [6, 6.07) is 9.45. The second-order valence-corrected chi connectivity index (χ2v) is 7.44. The monoisotopic (exact) mass is 390 g/mol. The Morgan fingerprint density at radius 2 is 2.08 bits per heavy atom. The molecule has 0 saturated carbocycles. The molecule has 0 spiro atoms. The number of ether oxygens (including phenoxy) is 1. The lowest BCUT2D eigenvalue weighted by atomic mass is 10.2. The van der Waals surface area contributed by atoms with Crippen molar-refractivity contribution in [1.29, 1.82) is 0 Å². The first kappa shape index (κ1) is 18.0. The van der Waals surface area contributed by atoms with Gasteiger partial charge >= 0.3 is 5.97 Å². The van der Waals surface area contributed by atoms with Gasteiger partial charge in [-0.2, -0.15) is 0 Å². The van der Waals surface area contributed by atoms with Crippen LogP contribution in [0.3, 0.4) is 0 Å². The Kier molecular flexibility index (Phi) is 5.29. The van der Waals surface area contributed by atoms with Crippen molar-refractivity contribution in [3.8, 4) is 11.5 Å². The predicted molar refractivity (Wildman–Crippen MR) is 101 cm³/mol. The van der Waals surface area contributed by atoms with E-state index in [9.17, 15) is 14.7 Å². The first-order valence-electron chi connectivity index (χ1n) is 7.40. The number of carbonyl (C=O) groups is 2. The number of phenols is 1. The fourth-order valence-corrected chi connectivity index (χ4v) is 4.08. The van der Waals surface area contributed by atoms with Gasteiger partial charge in [-0.25, -0.2) is 9.78 Å². The van der Waals surface area contributed by atoms with Crippen LogP contribution in [-0.4, -0.2) is 39.9 Å². The number of thioether (sulfide) groups is 1. The zero-order valence-corrected chi connectivity index (χ0v) is 15.2. The number of carboxylic acids is 1. The number of aromatic nitrogens is 1. The molecular formula is C17H14N2O5S2. The van der Waals surface area contributed by atoms with Crippen LogP contribution < -0.4 is 10.1 Å². The van der Waals surface area contributed by atoms with Crippen molar-refractivity contribution >= 4 is 50.9 Å². The number of hydrogen-bond donors (Lipinski definition) is 3. The minimum Gasteiger partial charge on any atom is -0.507 e. The smallest absolute Gasteiger partial charge is 0.339 e. The first-order chi connectivity index (χ1) is 12.5. The summed E-state index contributed by atoms with van der Waals surface area (Å²) in [5.41, 5.74) is 0.947. The number of methoxy groups -OCH3 is 1. The van der Waals surface area contributed by atoms with Crippen molar-refractivity contribution in [3.05, 3.63) is 42.0 Å². The SMILES string of the molecule is COc1ccc2nc(SCC(=O)Nc3ccc(C(=O)O)c(O)c3)sc2c1. The Morgan fingerprint density at radius 1 is 1.27 bits per heavy atom. The van der Waals surface area contributed by atoms with E-state index in [1.165, 1.54) is 41.3 Å². The molecular weight excluding hydrogens is 376 g/mol. The fourth-order valence-electron chi connectivity index (χ4n) is 2.19. The standard InChI is InChI=1S/C17H14N2O5S2/c1-24-10-3-5-12-14(7-10)26-17(19-12)25-8-15(21)18-9-2-4-11(16(22)23)13(20)6-9/h2-7,20H,8H2,1H3,(H,18,21)(H,22,23). The van der Waals surface area contributed by atoms with Crippen LogP contribution in [0.15, 0.2) is 40.7 Å². The molecule has 0 atom stereocenters. The minimum atomic E-state index is -1.23. The van der Waals surface area contributed by atoms with Gasteiger partial charge in [-0.05, 0) is 30.3 Å². The van der Waals surface area contributed by atoms with Gasteiger partial charge in [0.05, 0.1) is 23.1 Å². The molecule has 0 radical (unpaired) electrons. The quantitative estimate of drug-likeness (QED) is 0.553. The average Bonchev–Trinajstić information content (AvgIpc) is 3.01. The van der Waals surface area contributed by atoms with Crippen LogP contribution in [0.1, 0.15) is 10.4 Å². The predicted octanol–water partition coefficient (Wildman–Crippen LogP) is 3.44. The zero-order chi connectivity index (χ0) is 18.7. The third kappa shape index (κ3) is 4.06. The summed E-state index contributed by atoms with van der Waals surface area (Å²) in [6.07, 6.45) is 0. The summed E-state index contributed by atoms with van der Waals surface area (Å²) in [5, 5.41) is 21.1. The molecule has 26 heavy (non-hydrogen) atoms. The normalized spacial score (nSPS) is 10.7. The molecule has 0 saturated heterocycles. The molecule has 2 aromatic carbocycles. The molecule has 0 fully saturated rings. The molecule has 134 valence electrons. The molecule has 3 aromatic rings. The number of carbonyl (C=O) groups excluding carboxylic acids is 1. The maximum absolute atomic E-state index is 12.1. The largest absolute Gasteiger partial charge is 0.507 e. The summed E-state index contributed by atoms with van der Waals surface area (Å²) in [6.45, 7) is 0. The Labute approximate surface area is 156 Å². The number of carboxylic acid groups (broad SMARTS) is 1.